The Bertz CT molecular complexity index is 311. The van der Waals surface area contributed by atoms with E-state index in [0.717, 1.165) is 31.6 Å². The van der Waals surface area contributed by atoms with Crippen LogP contribution in [0.4, 0.5) is 0 Å². The van der Waals surface area contributed by atoms with Gasteiger partial charge in [0, 0.05) is 37.5 Å². The Morgan fingerprint density at radius 2 is 1.90 bits per heavy atom. The molecular formula is C16H34N4S. The molecule has 124 valence electrons. The van der Waals surface area contributed by atoms with Gasteiger partial charge >= 0.3 is 0 Å². The van der Waals surface area contributed by atoms with Gasteiger partial charge in [-0.15, -0.1) is 0 Å². The van der Waals surface area contributed by atoms with Gasteiger partial charge in [0.05, 0.1) is 0 Å². The van der Waals surface area contributed by atoms with E-state index in [1.54, 1.807) is 0 Å². The summed E-state index contributed by atoms with van der Waals surface area (Å²) < 4.78 is 0.233. The molecule has 1 fully saturated rings. The van der Waals surface area contributed by atoms with Gasteiger partial charge < -0.3 is 15.5 Å². The summed E-state index contributed by atoms with van der Waals surface area (Å²) in [5, 5.41) is 6.84. The van der Waals surface area contributed by atoms with Crippen molar-refractivity contribution in [2.24, 2.45) is 4.99 Å². The monoisotopic (exact) mass is 314 g/mol. The minimum absolute atomic E-state index is 0.233. The maximum Gasteiger partial charge on any atom is 0.191 e. The zero-order chi connectivity index (χ0) is 15.7. The van der Waals surface area contributed by atoms with E-state index in [0.29, 0.717) is 0 Å². The largest absolute Gasteiger partial charge is 0.355 e. The normalized spacial score (nSPS) is 18.1. The van der Waals surface area contributed by atoms with Gasteiger partial charge in [0.15, 0.2) is 5.96 Å². The van der Waals surface area contributed by atoms with E-state index < -0.39 is 0 Å². The van der Waals surface area contributed by atoms with Crippen molar-refractivity contribution >= 4 is 17.7 Å². The van der Waals surface area contributed by atoms with E-state index in [4.69, 9.17) is 0 Å². The predicted octanol–water partition coefficient (Wildman–Crippen LogP) is 2.56. The molecule has 0 aromatic carbocycles. The van der Waals surface area contributed by atoms with Gasteiger partial charge in [0.25, 0.3) is 0 Å². The fourth-order valence-electron chi connectivity index (χ4n) is 2.64. The third-order valence-corrected chi connectivity index (χ3v) is 5.66. The van der Waals surface area contributed by atoms with Crippen LogP contribution in [0.3, 0.4) is 0 Å². The van der Waals surface area contributed by atoms with Gasteiger partial charge in [-0.25, -0.2) is 0 Å². The molecule has 2 N–H and O–H groups in total. The van der Waals surface area contributed by atoms with Crippen LogP contribution in [0.1, 0.15) is 46.0 Å². The lowest BCUT2D eigenvalue weighted by Crippen LogP contribution is -2.46. The first-order valence-electron chi connectivity index (χ1n) is 8.18. The average molecular weight is 315 g/mol. The highest BCUT2D eigenvalue weighted by molar-refractivity contribution is 7.99. The highest BCUT2D eigenvalue weighted by atomic mass is 32.2. The van der Waals surface area contributed by atoms with Gasteiger partial charge in [0.2, 0.25) is 0 Å². The summed E-state index contributed by atoms with van der Waals surface area (Å²) in [4.78, 5) is 6.81. The third-order valence-electron chi connectivity index (χ3n) is 4.41. The Balaban J connectivity index is 2.22. The fourth-order valence-corrected chi connectivity index (χ4v) is 2.86. The number of hydrogen-bond donors (Lipinski definition) is 2. The summed E-state index contributed by atoms with van der Waals surface area (Å²) in [5.41, 5.74) is 0. The van der Waals surface area contributed by atoms with E-state index in [-0.39, 0.29) is 4.75 Å². The topological polar surface area (TPSA) is 39.7 Å². The SMILES string of the molecule is CN=C(NCCN(C)C1CCCCC1)NCC(C)(C)SC. The molecule has 0 atom stereocenters. The minimum Gasteiger partial charge on any atom is -0.355 e. The van der Waals surface area contributed by atoms with Gasteiger partial charge in [-0.1, -0.05) is 19.3 Å². The molecular weight excluding hydrogens is 280 g/mol. The predicted molar refractivity (Wildman–Crippen MR) is 96.5 cm³/mol. The molecule has 0 radical (unpaired) electrons. The first-order chi connectivity index (χ1) is 9.98. The molecule has 0 saturated heterocycles. The Morgan fingerprint density at radius 1 is 1.24 bits per heavy atom. The summed E-state index contributed by atoms with van der Waals surface area (Å²) in [7, 11) is 4.09. The van der Waals surface area contributed by atoms with Crippen LogP contribution in [0.15, 0.2) is 4.99 Å². The average Bonchev–Trinajstić information content (AvgIpc) is 2.51. The smallest absolute Gasteiger partial charge is 0.191 e. The van der Waals surface area contributed by atoms with Gasteiger partial charge in [-0.2, -0.15) is 11.8 Å². The van der Waals surface area contributed by atoms with Crippen LogP contribution in [-0.2, 0) is 0 Å². The summed E-state index contributed by atoms with van der Waals surface area (Å²) >= 11 is 1.87. The first kappa shape index (κ1) is 18.6. The molecule has 4 nitrogen and oxygen atoms in total. The van der Waals surface area contributed by atoms with Crippen LogP contribution < -0.4 is 10.6 Å². The van der Waals surface area contributed by atoms with E-state index in [1.165, 1.54) is 32.1 Å². The van der Waals surface area contributed by atoms with Gasteiger partial charge in [-0.05, 0) is 40.0 Å². The van der Waals surface area contributed by atoms with Crippen LogP contribution in [0.5, 0.6) is 0 Å². The summed E-state index contributed by atoms with van der Waals surface area (Å²) in [6.45, 7) is 7.44. The summed E-state index contributed by atoms with van der Waals surface area (Å²) in [5.74, 6) is 0.911. The molecule has 21 heavy (non-hydrogen) atoms. The van der Waals surface area contributed by atoms with Crippen LogP contribution in [-0.4, -0.2) is 61.6 Å². The number of guanidine groups is 1. The molecule has 1 aliphatic rings. The Labute approximate surface area is 135 Å². The van der Waals surface area contributed by atoms with Crippen molar-refractivity contribution in [3.05, 3.63) is 0 Å². The van der Waals surface area contributed by atoms with Crippen molar-refractivity contribution in [3.63, 3.8) is 0 Å². The van der Waals surface area contributed by atoms with E-state index >= 15 is 0 Å². The van der Waals surface area contributed by atoms with E-state index in [1.807, 2.05) is 18.8 Å². The maximum atomic E-state index is 4.30. The molecule has 1 rings (SSSR count). The van der Waals surface area contributed by atoms with Crippen molar-refractivity contribution in [2.75, 3.05) is 40.0 Å². The molecule has 0 aromatic heterocycles. The standard InChI is InChI=1S/C16H34N4S/c1-16(2,21-5)13-19-15(17-3)18-11-12-20(4)14-9-7-6-8-10-14/h14H,6-13H2,1-5H3,(H2,17,18,19). The second-order valence-electron chi connectivity index (χ2n) is 6.59. The first-order valence-corrected chi connectivity index (χ1v) is 9.41. The summed E-state index contributed by atoms with van der Waals surface area (Å²) in [6.07, 6.45) is 9.10. The van der Waals surface area contributed by atoms with Gasteiger partial charge in [-0.3, -0.25) is 4.99 Å². The number of nitrogens with one attached hydrogen (secondary N) is 2. The van der Waals surface area contributed by atoms with Crippen LogP contribution in [0, 0.1) is 0 Å². The summed E-state index contributed by atoms with van der Waals surface area (Å²) in [6, 6.07) is 0.783. The lowest BCUT2D eigenvalue weighted by molar-refractivity contribution is 0.194. The Kier molecular flexibility index (Phi) is 8.49. The van der Waals surface area contributed by atoms with Gasteiger partial charge in [0.1, 0.15) is 0 Å². The highest BCUT2D eigenvalue weighted by Crippen LogP contribution is 2.21. The minimum atomic E-state index is 0.233. The molecule has 0 spiro atoms. The molecule has 5 heteroatoms. The molecule has 1 aliphatic carbocycles. The molecule has 0 amide bonds. The zero-order valence-corrected chi connectivity index (χ0v) is 15.4. The van der Waals surface area contributed by atoms with E-state index in [2.05, 4.69) is 47.7 Å². The number of aliphatic imine (C=N–C) groups is 1. The molecule has 0 bridgehead atoms. The number of likely N-dealkylation sites (N-methyl/N-ethyl adjacent to an activating group) is 1. The van der Waals surface area contributed by atoms with Crippen LogP contribution in [0.25, 0.3) is 0 Å². The molecule has 1 saturated carbocycles. The molecule has 0 aromatic rings. The molecule has 0 heterocycles. The second kappa shape index (κ2) is 9.57. The Hall–Kier alpha value is -0.420. The van der Waals surface area contributed by atoms with Crippen molar-refractivity contribution in [1.82, 2.24) is 15.5 Å². The molecule has 0 aliphatic heterocycles. The van der Waals surface area contributed by atoms with Crippen LogP contribution in [0.2, 0.25) is 0 Å². The Morgan fingerprint density at radius 3 is 2.48 bits per heavy atom. The van der Waals surface area contributed by atoms with E-state index in [9.17, 15) is 0 Å². The zero-order valence-electron chi connectivity index (χ0n) is 14.5. The lowest BCUT2D eigenvalue weighted by atomic mass is 9.94. The molecule has 0 unspecified atom stereocenters. The second-order valence-corrected chi connectivity index (χ2v) is 8.10. The maximum absolute atomic E-state index is 4.30. The number of hydrogen-bond acceptors (Lipinski definition) is 3. The number of nitrogens with zero attached hydrogens (tertiary/aromatic N) is 2. The quantitative estimate of drug-likeness (QED) is 0.560. The lowest BCUT2D eigenvalue weighted by Gasteiger charge is -2.31. The van der Waals surface area contributed by atoms with Crippen LogP contribution >= 0.6 is 11.8 Å². The van der Waals surface area contributed by atoms with Crippen molar-refractivity contribution in [3.8, 4) is 0 Å². The number of thioether (sulfide) groups is 1. The van der Waals surface area contributed by atoms with Crippen molar-refractivity contribution in [2.45, 2.75) is 56.7 Å². The number of rotatable bonds is 7. The fraction of sp³-hybridized carbons (Fsp3) is 0.938. The van der Waals surface area contributed by atoms with Crippen molar-refractivity contribution < 1.29 is 0 Å². The van der Waals surface area contributed by atoms with Crippen molar-refractivity contribution in [1.29, 1.82) is 0 Å². The third kappa shape index (κ3) is 7.41. The highest BCUT2D eigenvalue weighted by Gasteiger charge is 2.18.